The molecule has 0 bridgehead atoms. The molecule has 0 unspecified atom stereocenters. The molecule has 1 aromatic carbocycles. The zero-order chi connectivity index (χ0) is 21.5. The van der Waals surface area contributed by atoms with Crippen LogP contribution in [0.25, 0.3) is 0 Å². The summed E-state index contributed by atoms with van der Waals surface area (Å²) in [5, 5.41) is 9.87. The second-order valence-corrected chi connectivity index (χ2v) is 10.4. The topological polar surface area (TPSA) is 77.3 Å². The molecule has 1 aromatic heterocycles. The van der Waals surface area contributed by atoms with Crippen LogP contribution < -0.4 is 4.90 Å². The minimum atomic E-state index is -3.51. The third-order valence-corrected chi connectivity index (χ3v) is 8.05. The summed E-state index contributed by atoms with van der Waals surface area (Å²) in [6, 6.07) is 9.38. The standard InChI is InChI=1S/C23H28N4O2S/c1-16(2)22-20-6-4-5-19(20)21(15-24)23(25-22)26-11-13-27(14-12-26)30(28,29)18-9-7-17(3)8-10-18/h7-10,16H,4-6,11-14H2,1-3H3. The number of piperazine rings is 1. The number of pyridine rings is 1. The number of benzene rings is 1. The third-order valence-electron chi connectivity index (χ3n) is 6.13. The van der Waals surface area contributed by atoms with E-state index in [1.807, 2.05) is 19.1 Å². The lowest BCUT2D eigenvalue weighted by atomic mass is 9.97. The van der Waals surface area contributed by atoms with E-state index in [4.69, 9.17) is 4.98 Å². The van der Waals surface area contributed by atoms with E-state index in [1.54, 1.807) is 12.1 Å². The quantitative estimate of drug-likeness (QED) is 0.752. The highest BCUT2D eigenvalue weighted by molar-refractivity contribution is 7.89. The van der Waals surface area contributed by atoms with Crippen LogP contribution in [0.5, 0.6) is 0 Å². The van der Waals surface area contributed by atoms with Crippen molar-refractivity contribution in [1.82, 2.24) is 9.29 Å². The number of nitriles is 1. The smallest absolute Gasteiger partial charge is 0.243 e. The number of anilines is 1. The van der Waals surface area contributed by atoms with Crippen LogP contribution in [0.3, 0.4) is 0 Å². The van der Waals surface area contributed by atoms with Gasteiger partial charge in [0.2, 0.25) is 10.0 Å². The molecule has 0 radical (unpaired) electrons. The molecule has 2 heterocycles. The summed E-state index contributed by atoms with van der Waals surface area (Å²) in [7, 11) is -3.51. The highest BCUT2D eigenvalue weighted by atomic mass is 32.2. The Hall–Kier alpha value is -2.43. The van der Waals surface area contributed by atoms with Gasteiger partial charge >= 0.3 is 0 Å². The molecule has 2 aromatic rings. The van der Waals surface area contributed by atoms with E-state index in [9.17, 15) is 13.7 Å². The maximum Gasteiger partial charge on any atom is 0.243 e. The van der Waals surface area contributed by atoms with Gasteiger partial charge in [-0.1, -0.05) is 31.5 Å². The summed E-state index contributed by atoms with van der Waals surface area (Å²) in [6.07, 6.45) is 2.99. The molecule has 30 heavy (non-hydrogen) atoms. The Kier molecular flexibility index (Phi) is 5.56. The molecule has 1 fully saturated rings. The summed E-state index contributed by atoms with van der Waals surface area (Å²) < 4.78 is 27.5. The highest BCUT2D eigenvalue weighted by Crippen LogP contribution is 2.36. The Morgan fingerprint density at radius 3 is 2.27 bits per heavy atom. The van der Waals surface area contributed by atoms with Crippen LogP contribution in [0.2, 0.25) is 0 Å². The van der Waals surface area contributed by atoms with Crippen LogP contribution in [0.4, 0.5) is 5.82 Å². The number of aromatic nitrogens is 1. The number of aryl methyl sites for hydroxylation is 1. The second kappa shape index (κ2) is 8.01. The van der Waals surface area contributed by atoms with Gasteiger partial charge in [-0.2, -0.15) is 9.57 Å². The van der Waals surface area contributed by atoms with Crippen molar-refractivity contribution in [2.45, 2.75) is 50.8 Å². The third kappa shape index (κ3) is 3.59. The lowest BCUT2D eigenvalue weighted by Crippen LogP contribution is -2.49. The predicted molar refractivity (Wildman–Crippen MR) is 117 cm³/mol. The van der Waals surface area contributed by atoms with Gasteiger partial charge in [0, 0.05) is 31.9 Å². The van der Waals surface area contributed by atoms with Crippen LogP contribution in [0.15, 0.2) is 29.2 Å². The molecule has 0 amide bonds. The monoisotopic (exact) mass is 424 g/mol. The van der Waals surface area contributed by atoms with Crippen molar-refractivity contribution in [3.8, 4) is 6.07 Å². The zero-order valence-electron chi connectivity index (χ0n) is 17.9. The lowest BCUT2D eigenvalue weighted by Gasteiger charge is -2.35. The largest absolute Gasteiger partial charge is 0.353 e. The van der Waals surface area contributed by atoms with E-state index in [0.717, 1.165) is 41.9 Å². The van der Waals surface area contributed by atoms with Gasteiger partial charge < -0.3 is 4.90 Å². The summed E-state index contributed by atoms with van der Waals surface area (Å²) in [5.41, 5.74) is 5.21. The summed E-state index contributed by atoms with van der Waals surface area (Å²) in [4.78, 5) is 7.35. The second-order valence-electron chi connectivity index (χ2n) is 8.48. The van der Waals surface area contributed by atoms with Crippen LogP contribution >= 0.6 is 0 Å². The SMILES string of the molecule is Cc1ccc(S(=O)(=O)N2CCN(c3nc(C(C)C)c4c(c3C#N)CCC4)CC2)cc1. The first-order valence-corrected chi connectivity index (χ1v) is 12.0. The lowest BCUT2D eigenvalue weighted by molar-refractivity contribution is 0.383. The number of rotatable bonds is 4. The minimum absolute atomic E-state index is 0.298. The summed E-state index contributed by atoms with van der Waals surface area (Å²) in [5.74, 6) is 1.03. The first-order valence-electron chi connectivity index (χ1n) is 10.6. The van der Waals surface area contributed by atoms with Crippen LogP contribution in [-0.4, -0.2) is 43.9 Å². The summed E-state index contributed by atoms with van der Waals surface area (Å²) in [6.45, 7) is 8.06. The molecular formula is C23H28N4O2S. The number of hydrogen-bond donors (Lipinski definition) is 0. The molecular weight excluding hydrogens is 396 g/mol. The predicted octanol–water partition coefficient (Wildman–Crippen LogP) is 3.38. The van der Waals surface area contributed by atoms with E-state index in [-0.39, 0.29) is 0 Å². The van der Waals surface area contributed by atoms with Crippen LogP contribution in [0, 0.1) is 18.3 Å². The molecule has 1 aliphatic heterocycles. The Labute approximate surface area is 179 Å². The molecule has 2 aliphatic rings. The molecule has 0 atom stereocenters. The molecule has 0 spiro atoms. The van der Waals surface area contributed by atoms with E-state index in [0.29, 0.717) is 42.6 Å². The summed E-state index contributed by atoms with van der Waals surface area (Å²) >= 11 is 0. The number of sulfonamides is 1. The maximum atomic E-state index is 13.0. The molecule has 0 N–H and O–H groups in total. The van der Waals surface area contributed by atoms with Gasteiger partial charge in [-0.3, -0.25) is 0 Å². The normalized spacial score (nSPS) is 17.2. The zero-order valence-corrected chi connectivity index (χ0v) is 18.7. The van der Waals surface area contributed by atoms with Gasteiger partial charge in [0.25, 0.3) is 0 Å². The number of hydrogen-bond acceptors (Lipinski definition) is 5. The Bertz CT molecular complexity index is 1090. The van der Waals surface area contributed by atoms with Gasteiger partial charge in [0.15, 0.2) is 0 Å². The molecule has 0 saturated carbocycles. The fraction of sp³-hybridized carbons (Fsp3) is 0.478. The van der Waals surface area contributed by atoms with Crippen molar-refractivity contribution in [2.24, 2.45) is 0 Å². The van der Waals surface area contributed by atoms with Gasteiger partial charge in [-0.05, 0) is 55.4 Å². The minimum Gasteiger partial charge on any atom is -0.353 e. The molecule has 7 heteroatoms. The van der Waals surface area contributed by atoms with Gasteiger partial charge in [0.1, 0.15) is 11.9 Å². The van der Waals surface area contributed by atoms with Crippen molar-refractivity contribution < 1.29 is 8.42 Å². The Balaban J connectivity index is 1.60. The van der Waals surface area contributed by atoms with Gasteiger partial charge in [-0.15, -0.1) is 0 Å². The molecule has 4 rings (SSSR count). The first kappa shape index (κ1) is 20.8. The van der Waals surface area contributed by atoms with Crippen molar-refractivity contribution >= 4 is 15.8 Å². The molecule has 1 aliphatic carbocycles. The highest BCUT2D eigenvalue weighted by Gasteiger charge is 2.32. The Morgan fingerprint density at radius 1 is 1.03 bits per heavy atom. The van der Waals surface area contributed by atoms with E-state index in [2.05, 4.69) is 24.8 Å². The van der Waals surface area contributed by atoms with E-state index >= 15 is 0 Å². The average molecular weight is 425 g/mol. The van der Waals surface area contributed by atoms with Crippen LogP contribution in [0.1, 0.15) is 54.1 Å². The van der Waals surface area contributed by atoms with Crippen molar-refractivity contribution in [3.63, 3.8) is 0 Å². The molecule has 6 nitrogen and oxygen atoms in total. The fourth-order valence-electron chi connectivity index (χ4n) is 4.50. The van der Waals surface area contributed by atoms with Gasteiger partial charge in [-0.25, -0.2) is 13.4 Å². The average Bonchev–Trinajstić information content (AvgIpc) is 3.22. The van der Waals surface area contributed by atoms with Crippen molar-refractivity contribution in [3.05, 3.63) is 52.2 Å². The maximum absolute atomic E-state index is 13.0. The van der Waals surface area contributed by atoms with Crippen molar-refractivity contribution in [2.75, 3.05) is 31.1 Å². The first-order chi connectivity index (χ1) is 14.3. The van der Waals surface area contributed by atoms with E-state index < -0.39 is 10.0 Å². The van der Waals surface area contributed by atoms with Crippen LogP contribution in [-0.2, 0) is 22.9 Å². The fourth-order valence-corrected chi connectivity index (χ4v) is 5.92. The van der Waals surface area contributed by atoms with E-state index in [1.165, 1.54) is 9.87 Å². The van der Waals surface area contributed by atoms with Crippen molar-refractivity contribution in [1.29, 1.82) is 5.26 Å². The molecule has 1 saturated heterocycles. The van der Waals surface area contributed by atoms with Gasteiger partial charge in [0.05, 0.1) is 10.5 Å². The number of nitrogens with zero attached hydrogens (tertiary/aromatic N) is 4. The molecule has 158 valence electrons. The Morgan fingerprint density at radius 2 is 1.67 bits per heavy atom. The number of fused-ring (bicyclic) bond motifs is 1.